The highest BCUT2D eigenvalue weighted by molar-refractivity contribution is 6.07. The van der Waals surface area contributed by atoms with Crippen molar-refractivity contribution in [3.63, 3.8) is 0 Å². The van der Waals surface area contributed by atoms with Gasteiger partial charge in [0, 0.05) is 37.5 Å². The van der Waals surface area contributed by atoms with Crippen molar-refractivity contribution in [2.75, 3.05) is 24.6 Å². The molecule has 2 N–H and O–H groups in total. The quantitative estimate of drug-likeness (QED) is 0.820. The molecule has 0 radical (unpaired) electrons. The van der Waals surface area contributed by atoms with E-state index >= 15 is 0 Å². The molecule has 1 unspecified atom stereocenters. The number of hydrogen-bond acceptors (Lipinski definition) is 3. The number of aryl methyl sites for hydroxylation is 1. The average molecular weight is 393 g/mol. The summed E-state index contributed by atoms with van der Waals surface area (Å²) < 4.78 is 5.51. The fourth-order valence-electron chi connectivity index (χ4n) is 3.85. The SMILES string of the molecule is Cc1ccc(C(=O)N2CCc3ccc(CNC(=O)NCC4CCCO4)cc32)cc1. The summed E-state index contributed by atoms with van der Waals surface area (Å²) in [4.78, 5) is 26.8. The van der Waals surface area contributed by atoms with Crippen LogP contribution >= 0.6 is 0 Å². The second-order valence-electron chi connectivity index (χ2n) is 7.73. The Morgan fingerprint density at radius 2 is 1.97 bits per heavy atom. The molecule has 6 nitrogen and oxygen atoms in total. The van der Waals surface area contributed by atoms with E-state index in [0.29, 0.717) is 25.2 Å². The molecular formula is C23H27N3O3. The standard InChI is InChI=1S/C23H27N3O3/c1-16-4-7-19(8-5-16)22(27)26-11-10-18-9-6-17(13-21(18)26)14-24-23(28)25-15-20-3-2-12-29-20/h4-9,13,20H,2-3,10-12,14-15H2,1H3,(H2,24,25,28). The predicted octanol–water partition coefficient (Wildman–Crippen LogP) is 3.18. The fourth-order valence-corrected chi connectivity index (χ4v) is 3.85. The van der Waals surface area contributed by atoms with E-state index in [1.54, 1.807) is 0 Å². The van der Waals surface area contributed by atoms with Crippen LogP contribution in [-0.2, 0) is 17.7 Å². The number of nitrogens with zero attached hydrogens (tertiary/aromatic N) is 1. The lowest BCUT2D eigenvalue weighted by molar-refractivity contribution is 0.0989. The van der Waals surface area contributed by atoms with E-state index in [1.165, 1.54) is 0 Å². The van der Waals surface area contributed by atoms with Crippen LogP contribution in [0.1, 0.15) is 39.9 Å². The van der Waals surface area contributed by atoms with Gasteiger partial charge in [-0.15, -0.1) is 0 Å². The van der Waals surface area contributed by atoms with E-state index in [0.717, 1.165) is 48.2 Å². The third kappa shape index (κ3) is 4.59. The molecule has 1 fully saturated rings. The van der Waals surface area contributed by atoms with Crippen LogP contribution in [0.15, 0.2) is 42.5 Å². The summed E-state index contributed by atoms with van der Waals surface area (Å²) in [5.41, 5.74) is 4.90. The van der Waals surface area contributed by atoms with Crippen LogP contribution in [-0.4, -0.2) is 37.7 Å². The molecule has 2 aliphatic rings. The van der Waals surface area contributed by atoms with E-state index in [4.69, 9.17) is 4.74 Å². The number of amides is 3. The van der Waals surface area contributed by atoms with E-state index in [-0.39, 0.29) is 18.0 Å². The number of urea groups is 1. The molecule has 0 aromatic heterocycles. The molecule has 0 aliphatic carbocycles. The lowest BCUT2D eigenvalue weighted by Crippen LogP contribution is -2.39. The first-order valence-electron chi connectivity index (χ1n) is 10.2. The van der Waals surface area contributed by atoms with E-state index in [1.807, 2.05) is 48.2 Å². The lowest BCUT2D eigenvalue weighted by atomic mass is 10.1. The minimum Gasteiger partial charge on any atom is -0.376 e. The Hall–Kier alpha value is -2.86. The first kappa shape index (κ1) is 19.5. The zero-order valence-electron chi connectivity index (χ0n) is 16.7. The predicted molar refractivity (Wildman–Crippen MR) is 112 cm³/mol. The van der Waals surface area contributed by atoms with Gasteiger partial charge in [0.05, 0.1) is 6.10 Å². The van der Waals surface area contributed by atoms with E-state index in [9.17, 15) is 9.59 Å². The molecule has 0 spiro atoms. The molecule has 0 saturated carbocycles. The summed E-state index contributed by atoms with van der Waals surface area (Å²) in [7, 11) is 0. The van der Waals surface area contributed by atoms with Crippen molar-refractivity contribution < 1.29 is 14.3 Å². The van der Waals surface area contributed by atoms with Crippen LogP contribution in [0.4, 0.5) is 10.5 Å². The van der Waals surface area contributed by atoms with Crippen molar-refractivity contribution in [2.45, 2.75) is 38.8 Å². The number of fused-ring (bicyclic) bond motifs is 1. The second-order valence-corrected chi connectivity index (χ2v) is 7.73. The molecule has 152 valence electrons. The lowest BCUT2D eigenvalue weighted by Gasteiger charge is -2.18. The third-order valence-electron chi connectivity index (χ3n) is 5.56. The molecule has 4 rings (SSSR count). The zero-order chi connectivity index (χ0) is 20.2. The number of anilines is 1. The Morgan fingerprint density at radius 1 is 1.14 bits per heavy atom. The van der Waals surface area contributed by atoms with Crippen molar-refractivity contribution in [3.8, 4) is 0 Å². The Labute approximate surface area is 171 Å². The molecule has 2 aromatic carbocycles. The minimum absolute atomic E-state index is 0.0168. The van der Waals surface area contributed by atoms with Gasteiger partial charge in [-0.2, -0.15) is 0 Å². The zero-order valence-corrected chi connectivity index (χ0v) is 16.7. The number of ether oxygens (including phenoxy) is 1. The van der Waals surface area contributed by atoms with Gasteiger partial charge < -0.3 is 20.3 Å². The average Bonchev–Trinajstić information content (AvgIpc) is 3.40. The maximum atomic E-state index is 12.9. The van der Waals surface area contributed by atoms with Crippen LogP contribution in [0, 0.1) is 6.92 Å². The van der Waals surface area contributed by atoms with Crippen molar-refractivity contribution >= 4 is 17.6 Å². The number of nitrogens with one attached hydrogen (secondary N) is 2. The molecule has 2 aliphatic heterocycles. The van der Waals surface area contributed by atoms with Gasteiger partial charge in [-0.25, -0.2) is 4.79 Å². The monoisotopic (exact) mass is 393 g/mol. The highest BCUT2D eigenvalue weighted by Crippen LogP contribution is 2.30. The molecule has 2 aromatic rings. The van der Waals surface area contributed by atoms with E-state index in [2.05, 4.69) is 16.7 Å². The highest BCUT2D eigenvalue weighted by Gasteiger charge is 2.25. The third-order valence-corrected chi connectivity index (χ3v) is 5.56. The van der Waals surface area contributed by atoms with Crippen LogP contribution in [0.5, 0.6) is 0 Å². The van der Waals surface area contributed by atoms with Gasteiger partial charge in [0.2, 0.25) is 0 Å². The van der Waals surface area contributed by atoms with Crippen molar-refractivity contribution in [1.29, 1.82) is 0 Å². The largest absolute Gasteiger partial charge is 0.376 e. The number of carbonyl (C=O) groups is 2. The molecule has 1 atom stereocenters. The van der Waals surface area contributed by atoms with Gasteiger partial charge in [-0.3, -0.25) is 4.79 Å². The summed E-state index contributed by atoms with van der Waals surface area (Å²) in [6, 6.07) is 13.5. The van der Waals surface area contributed by atoms with Crippen molar-refractivity contribution in [1.82, 2.24) is 10.6 Å². The normalized spacial score (nSPS) is 17.8. The summed E-state index contributed by atoms with van der Waals surface area (Å²) in [5.74, 6) is 0.0168. The number of carbonyl (C=O) groups excluding carboxylic acids is 2. The number of rotatable bonds is 5. The Kier molecular flexibility index (Phi) is 5.81. The summed E-state index contributed by atoms with van der Waals surface area (Å²) in [5, 5.41) is 5.75. The van der Waals surface area contributed by atoms with Crippen LogP contribution in [0.2, 0.25) is 0 Å². The second kappa shape index (κ2) is 8.66. The summed E-state index contributed by atoms with van der Waals surface area (Å²) in [6.45, 7) is 4.42. The molecule has 0 bridgehead atoms. The Morgan fingerprint density at radius 3 is 2.72 bits per heavy atom. The van der Waals surface area contributed by atoms with Gasteiger partial charge in [0.25, 0.3) is 5.91 Å². The summed E-state index contributed by atoms with van der Waals surface area (Å²) in [6.07, 6.45) is 3.03. The molecule has 6 heteroatoms. The topological polar surface area (TPSA) is 70.7 Å². The summed E-state index contributed by atoms with van der Waals surface area (Å²) >= 11 is 0. The minimum atomic E-state index is -0.200. The van der Waals surface area contributed by atoms with Gasteiger partial charge in [0.1, 0.15) is 0 Å². The van der Waals surface area contributed by atoms with Gasteiger partial charge in [0.15, 0.2) is 0 Å². The van der Waals surface area contributed by atoms with Crippen LogP contribution < -0.4 is 15.5 Å². The number of benzene rings is 2. The molecular weight excluding hydrogens is 366 g/mol. The first-order chi connectivity index (χ1) is 14.1. The van der Waals surface area contributed by atoms with Gasteiger partial charge >= 0.3 is 6.03 Å². The van der Waals surface area contributed by atoms with Gasteiger partial charge in [-0.1, -0.05) is 29.8 Å². The molecule has 29 heavy (non-hydrogen) atoms. The van der Waals surface area contributed by atoms with E-state index < -0.39 is 0 Å². The maximum Gasteiger partial charge on any atom is 0.315 e. The molecule has 1 saturated heterocycles. The highest BCUT2D eigenvalue weighted by atomic mass is 16.5. The first-order valence-corrected chi connectivity index (χ1v) is 10.2. The Balaban J connectivity index is 1.37. The van der Waals surface area contributed by atoms with Crippen molar-refractivity contribution in [3.05, 3.63) is 64.7 Å². The smallest absolute Gasteiger partial charge is 0.315 e. The van der Waals surface area contributed by atoms with Crippen LogP contribution in [0.3, 0.4) is 0 Å². The molecule has 3 amide bonds. The Bertz CT molecular complexity index is 889. The number of hydrogen-bond donors (Lipinski definition) is 2. The van der Waals surface area contributed by atoms with Gasteiger partial charge in [-0.05, 0) is 55.5 Å². The van der Waals surface area contributed by atoms with Crippen molar-refractivity contribution in [2.24, 2.45) is 0 Å². The fraction of sp³-hybridized carbons (Fsp3) is 0.391. The van der Waals surface area contributed by atoms with Crippen LogP contribution in [0.25, 0.3) is 0 Å². The molecule has 2 heterocycles. The maximum absolute atomic E-state index is 12.9.